The van der Waals surface area contributed by atoms with Gasteiger partial charge < -0.3 is 19.5 Å². The van der Waals surface area contributed by atoms with Crippen LogP contribution in [0.5, 0.6) is 17.2 Å². The topological polar surface area (TPSA) is 98.3 Å². The molecule has 2 N–H and O–H groups in total. The van der Waals surface area contributed by atoms with Crippen molar-refractivity contribution in [3.05, 3.63) is 95.0 Å². The van der Waals surface area contributed by atoms with Crippen molar-refractivity contribution in [3.8, 4) is 17.2 Å². The Hall–Kier alpha value is -4.30. The number of halogens is 1. The van der Waals surface area contributed by atoms with Gasteiger partial charge in [-0.2, -0.15) is 5.10 Å². The summed E-state index contributed by atoms with van der Waals surface area (Å²) in [7, 11) is 0. The second kappa shape index (κ2) is 13.7. The number of aryl methyl sites for hydroxylation is 1. The van der Waals surface area contributed by atoms with Gasteiger partial charge in [0.15, 0.2) is 18.1 Å². The molecule has 0 unspecified atom stereocenters. The number of hydrogen-bond donors (Lipinski definition) is 2. The lowest BCUT2D eigenvalue weighted by Gasteiger charge is -2.12. The third kappa shape index (κ3) is 8.40. The maximum Gasteiger partial charge on any atom is 0.271 e. The first-order valence-corrected chi connectivity index (χ1v) is 11.9. The van der Waals surface area contributed by atoms with Crippen molar-refractivity contribution in [2.45, 2.75) is 13.8 Å². The molecule has 3 rings (SSSR count). The summed E-state index contributed by atoms with van der Waals surface area (Å²) in [5.41, 5.74) is 5.19. The second-order valence-electron chi connectivity index (χ2n) is 7.79. The number of nitrogens with zero attached hydrogens (tertiary/aromatic N) is 1. The highest BCUT2D eigenvalue weighted by atomic mass is 35.5. The molecule has 0 aliphatic heterocycles. The SMILES string of the molecule is C=CCOc1ccc(C(=O)N/N=C/c2ccc(OCC(=O)Nc3cccc(C)c3)c(Cl)c2)cc1OCC. The summed E-state index contributed by atoms with van der Waals surface area (Å²) < 4.78 is 16.6. The van der Waals surface area contributed by atoms with Gasteiger partial charge in [0.25, 0.3) is 11.8 Å². The van der Waals surface area contributed by atoms with Gasteiger partial charge in [-0.25, -0.2) is 5.43 Å². The summed E-state index contributed by atoms with van der Waals surface area (Å²) >= 11 is 6.29. The molecular formula is C28H28ClN3O5. The molecule has 0 saturated heterocycles. The summed E-state index contributed by atoms with van der Waals surface area (Å²) in [4.78, 5) is 24.7. The number of hydrogen-bond acceptors (Lipinski definition) is 6. The van der Waals surface area contributed by atoms with Crippen LogP contribution in [-0.2, 0) is 4.79 Å². The minimum Gasteiger partial charge on any atom is -0.490 e. The Bertz CT molecular complexity index is 1290. The van der Waals surface area contributed by atoms with E-state index in [0.29, 0.717) is 52.3 Å². The first-order chi connectivity index (χ1) is 17.9. The number of ether oxygens (including phenoxy) is 3. The van der Waals surface area contributed by atoms with Crippen molar-refractivity contribution in [1.82, 2.24) is 5.43 Å². The lowest BCUT2D eigenvalue weighted by molar-refractivity contribution is -0.118. The molecule has 0 bridgehead atoms. The van der Waals surface area contributed by atoms with Gasteiger partial charge in [0, 0.05) is 11.3 Å². The van der Waals surface area contributed by atoms with Crippen molar-refractivity contribution in [1.29, 1.82) is 0 Å². The van der Waals surface area contributed by atoms with Gasteiger partial charge in [-0.15, -0.1) is 0 Å². The Morgan fingerprint density at radius 3 is 2.54 bits per heavy atom. The molecule has 0 atom stereocenters. The lowest BCUT2D eigenvalue weighted by atomic mass is 10.2. The Labute approximate surface area is 220 Å². The Morgan fingerprint density at radius 1 is 1.00 bits per heavy atom. The average Bonchev–Trinajstić information content (AvgIpc) is 2.87. The normalized spacial score (nSPS) is 10.6. The minimum atomic E-state index is -0.418. The summed E-state index contributed by atoms with van der Waals surface area (Å²) in [6, 6.07) is 17.3. The molecule has 0 aromatic heterocycles. The summed E-state index contributed by atoms with van der Waals surface area (Å²) in [5, 5.41) is 7.06. The van der Waals surface area contributed by atoms with Crippen LogP contribution >= 0.6 is 11.6 Å². The van der Waals surface area contributed by atoms with Gasteiger partial charge in [-0.1, -0.05) is 36.4 Å². The maximum absolute atomic E-state index is 12.5. The summed E-state index contributed by atoms with van der Waals surface area (Å²) in [5.74, 6) is 0.604. The molecule has 0 aliphatic carbocycles. The standard InChI is InChI=1S/C28H28ClN3O5/c1-4-13-36-25-12-10-21(16-26(25)35-5-2)28(34)32-30-17-20-9-11-24(23(29)15-20)37-18-27(33)31-22-8-6-7-19(3)14-22/h4,6-12,14-17H,1,5,13,18H2,2-3H3,(H,31,33)(H,32,34)/b30-17+. The van der Waals surface area contributed by atoms with E-state index in [-0.39, 0.29) is 12.5 Å². The van der Waals surface area contributed by atoms with E-state index in [2.05, 4.69) is 22.4 Å². The molecule has 3 aromatic carbocycles. The molecular weight excluding hydrogens is 494 g/mol. The van der Waals surface area contributed by atoms with Crippen LogP contribution in [0.25, 0.3) is 0 Å². The lowest BCUT2D eigenvalue weighted by Crippen LogP contribution is -2.20. The van der Waals surface area contributed by atoms with Crippen molar-refractivity contribution in [3.63, 3.8) is 0 Å². The molecule has 0 radical (unpaired) electrons. The van der Waals surface area contributed by atoms with Crippen LogP contribution in [0, 0.1) is 6.92 Å². The number of anilines is 1. The van der Waals surface area contributed by atoms with E-state index >= 15 is 0 Å². The van der Waals surface area contributed by atoms with E-state index in [9.17, 15) is 9.59 Å². The zero-order chi connectivity index (χ0) is 26.6. The van der Waals surface area contributed by atoms with Crippen LogP contribution < -0.4 is 25.0 Å². The number of carbonyl (C=O) groups excluding carboxylic acids is 2. The van der Waals surface area contributed by atoms with E-state index in [1.165, 1.54) is 6.21 Å². The predicted molar refractivity (Wildman–Crippen MR) is 145 cm³/mol. The maximum atomic E-state index is 12.5. The van der Waals surface area contributed by atoms with E-state index in [1.807, 2.05) is 32.0 Å². The molecule has 0 spiro atoms. The number of carbonyl (C=O) groups is 2. The van der Waals surface area contributed by atoms with E-state index in [0.717, 1.165) is 5.56 Å². The fourth-order valence-electron chi connectivity index (χ4n) is 3.19. The van der Waals surface area contributed by atoms with Crippen LogP contribution in [0.3, 0.4) is 0 Å². The van der Waals surface area contributed by atoms with Gasteiger partial charge in [0.05, 0.1) is 17.8 Å². The van der Waals surface area contributed by atoms with Crippen LogP contribution in [0.1, 0.15) is 28.4 Å². The van der Waals surface area contributed by atoms with Gasteiger partial charge in [0.1, 0.15) is 12.4 Å². The molecule has 9 heteroatoms. The summed E-state index contributed by atoms with van der Waals surface area (Å²) in [6.07, 6.45) is 3.07. The Balaban J connectivity index is 1.55. The van der Waals surface area contributed by atoms with Crippen LogP contribution in [0.2, 0.25) is 5.02 Å². The van der Waals surface area contributed by atoms with E-state index < -0.39 is 5.91 Å². The van der Waals surface area contributed by atoms with E-state index in [1.54, 1.807) is 48.5 Å². The fraction of sp³-hybridized carbons (Fsp3) is 0.179. The molecule has 0 aliphatic rings. The Morgan fingerprint density at radius 2 is 1.81 bits per heavy atom. The first-order valence-electron chi connectivity index (χ1n) is 11.5. The Kier molecular flexibility index (Phi) is 10.1. The predicted octanol–water partition coefficient (Wildman–Crippen LogP) is 5.39. The molecule has 2 amide bonds. The van der Waals surface area contributed by atoms with Crippen molar-refractivity contribution < 1.29 is 23.8 Å². The van der Waals surface area contributed by atoms with Gasteiger partial charge in [-0.3, -0.25) is 9.59 Å². The smallest absolute Gasteiger partial charge is 0.271 e. The fourth-order valence-corrected chi connectivity index (χ4v) is 3.44. The van der Waals surface area contributed by atoms with Crippen LogP contribution in [-0.4, -0.2) is 37.8 Å². The van der Waals surface area contributed by atoms with Crippen molar-refractivity contribution >= 4 is 35.3 Å². The molecule has 8 nitrogen and oxygen atoms in total. The number of hydrazone groups is 1. The average molecular weight is 522 g/mol. The highest BCUT2D eigenvalue weighted by molar-refractivity contribution is 6.32. The number of benzene rings is 3. The van der Waals surface area contributed by atoms with Crippen molar-refractivity contribution in [2.24, 2.45) is 5.10 Å². The van der Waals surface area contributed by atoms with Gasteiger partial charge >= 0.3 is 0 Å². The van der Waals surface area contributed by atoms with Crippen LogP contribution in [0.4, 0.5) is 5.69 Å². The number of rotatable bonds is 12. The van der Waals surface area contributed by atoms with Gasteiger partial charge in [-0.05, 0) is 73.5 Å². The zero-order valence-electron chi connectivity index (χ0n) is 20.6. The monoisotopic (exact) mass is 521 g/mol. The van der Waals surface area contributed by atoms with Gasteiger partial charge in [0.2, 0.25) is 0 Å². The largest absolute Gasteiger partial charge is 0.490 e. The highest BCUT2D eigenvalue weighted by Gasteiger charge is 2.11. The van der Waals surface area contributed by atoms with Crippen LogP contribution in [0.15, 0.2) is 78.4 Å². The minimum absolute atomic E-state index is 0.196. The van der Waals surface area contributed by atoms with E-state index in [4.69, 9.17) is 25.8 Å². The molecule has 0 heterocycles. The third-order valence-electron chi connectivity index (χ3n) is 4.86. The molecule has 3 aromatic rings. The molecule has 192 valence electrons. The van der Waals surface area contributed by atoms with Crippen molar-refractivity contribution in [2.75, 3.05) is 25.1 Å². The third-order valence-corrected chi connectivity index (χ3v) is 5.15. The first kappa shape index (κ1) is 27.3. The summed E-state index contributed by atoms with van der Waals surface area (Å²) in [6.45, 7) is 7.96. The number of nitrogens with one attached hydrogen (secondary N) is 2. The number of amides is 2. The zero-order valence-corrected chi connectivity index (χ0v) is 21.4. The quantitative estimate of drug-likeness (QED) is 0.189. The molecule has 0 fully saturated rings. The second-order valence-corrected chi connectivity index (χ2v) is 8.20. The highest BCUT2D eigenvalue weighted by Crippen LogP contribution is 2.29. The molecule has 0 saturated carbocycles. The molecule has 37 heavy (non-hydrogen) atoms.